The van der Waals surface area contributed by atoms with Gasteiger partial charge in [-0.25, -0.2) is 9.78 Å². The molecule has 2 heterocycles. The average Bonchev–Trinajstić information content (AvgIpc) is 3.06. The maximum Gasteiger partial charge on any atom is 0.331 e. The van der Waals surface area contributed by atoms with Crippen LogP contribution in [-0.4, -0.2) is 15.9 Å². The first-order chi connectivity index (χ1) is 11.1. The zero-order valence-corrected chi connectivity index (χ0v) is 12.4. The monoisotopic (exact) mass is 310 g/mol. The number of carbonyl (C=O) groups is 1. The van der Waals surface area contributed by atoms with Crippen molar-refractivity contribution in [3.05, 3.63) is 70.7 Å². The SMILES string of the molecule is C[C@H](OC(=O)/C=C/c1ccco1)c1nc2ccccc2c(=O)[nH]1. The number of ether oxygens (including phenoxy) is 1. The summed E-state index contributed by atoms with van der Waals surface area (Å²) in [5.74, 6) is 0.296. The van der Waals surface area contributed by atoms with Crippen molar-refractivity contribution in [3.63, 3.8) is 0 Å². The maximum absolute atomic E-state index is 12.0. The molecule has 6 nitrogen and oxygen atoms in total. The highest BCUT2D eigenvalue weighted by Crippen LogP contribution is 2.14. The largest absolute Gasteiger partial charge is 0.465 e. The average molecular weight is 310 g/mol. The zero-order valence-electron chi connectivity index (χ0n) is 12.4. The number of para-hydroxylation sites is 1. The number of hydrogen-bond donors (Lipinski definition) is 1. The molecule has 0 aliphatic carbocycles. The van der Waals surface area contributed by atoms with Gasteiger partial charge in [0.2, 0.25) is 0 Å². The molecule has 3 rings (SSSR count). The smallest absolute Gasteiger partial charge is 0.331 e. The van der Waals surface area contributed by atoms with Crippen LogP contribution < -0.4 is 5.56 Å². The van der Waals surface area contributed by atoms with Crippen molar-refractivity contribution in [3.8, 4) is 0 Å². The molecule has 0 saturated carbocycles. The molecule has 1 N–H and O–H groups in total. The van der Waals surface area contributed by atoms with E-state index < -0.39 is 12.1 Å². The molecule has 1 aromatic carbocycles. The highest BCUT2D eigenvalue weighted by molar-refractivity contribution is 5.86. The van der Waals surface area contributed by atoms with Gasteiger partial charge in [0.15, 0.2) is 11.9 Å². The summed E-state index contributed by atoms with van der Waals surface area (Å²) in [6.07, 6.45) is 3.60. The van der Waals surface area contributed by atoms with Gasteiger partial charge in [-0.2, -0.15) is 0 Å². The third-order valence-electron chi connectivity index (χ3n) is 3.24. The third-order valence-corrected chi connectivity index (χ3v) is 3.24. The van der Waals surface area contributed by atoms with Gasteiger partial charge in [-0.1, -0.05) is 12.1 Å². The summed E-state index contributed by atoms with van der Waals surface area (Å²) in [4.78, 5) is 30.8. The van der Waals surface area contributed by atoms with Crippen LogP contribution in [0.4, 0.5) is 0 Å². The van der Waals surface area contributed by atoms with Crippen LogP contribution in [0.25, 0.3) is 17.0 Å². The molecule has 0 fully saturated rings. The van der Waals surface area contributed by atoms with Crippen LogP contribution >= 0.6 is 0 Å². The van der Waals surface area contributed by atoms with E-state index >= 15 is 0 Å². The number of hydrogen-bond acceptors (Lipinski definition) is 5. The predicted molar refractivity (Wildman–Crippen MR) is 84.6 cm³/mol. The molecule has 23 heavy (non-hydrogen) atoms. The normalized spacial score (nSPS) is 12.6. The number of aromatic nitrogens is 2. The molecule has 0 aliphatic heterocycles. The number of carbonyl (C=O) groups excluding carboxylic acids is 1. The summed E-state index contributed by atoms with van der Waals surface area (Å²) >= 11 is 0. The lowest BCUT2D eigenvalue weighted by atomic mass is 10.2. The summed E-state index contributed by atoms with van der Waals surface area (Å²) in [6, 6.07) is 10.4. The first kappa shape index (κ1) is 14.8. The van der Waals surface area contributed by atoms with Crippen LogP contribution in [0.2, 0.25) is 0 Å². The predicted octanol–water partition coefficient (Wildman–Crippen LogP) is 2.83. The fourth-order valence-electron chi connectivity index (χ4n) is 2.10. The number of furan rings is 1. The Kier molecular flexibility index (Phi) is 4.05. The number of benzene rings is 1. The van der Waals surface area contributed by atoms with Crippen LogP contribution in [0.3, 0.4) is 0 Å². The Hall–Kier alpha value is -3.15. The first-order valence-corrected chi connectivity index (χ1v) is 7.04. The summed E-state index contributed by atoms with van der Waals surface area (Å²) in [5.41, 5.74) is 0.292. The second-order valence-electron chi connectivity index (χ2n) is 4.90. The number of fused-ring (bicyclic) bond motifs is 1. The molecule has 0 bridgehead atoms. The molecule has 0 amide bonds. The second-order valence-corrected chi connectivity index (χ2v) is 4.90. The van der Waals surface area contributed by atoms with Crippen molar-refractivity contribution >= 4 is 22.9 Å². The Morgan fingerprint density at radius 3 is 2.91 bits per heavy atom. The topological polar surface area (TPSA) is 85.2 Å². The van der Waals surface area contributed by atoms with Crippen molar-refractivity contribution in [2.24, 2.45) is 0 Å². The van der Waals surface area contributed by atoms with Gasteiger partial charge in [0.25, 0.3) is 5.56 Å². The molecular formula is C17H14N2O4. The van der Waals surface area contributed by atoms with E-state index in [1.54, 1.807) is 43.3 Å². The summed E-state index contributed by atoms with van der Waals surface area (Å²) < 4.78 is 10.3. The minimum atomic E-state index is -0.680. The zero-order chi connectivity index (χ0) is 16.2. The van der Waals surface area contributed by atoms with Gasteiger partial charge in [0.05, 0.1) is 17.2 Å². The number of rotatable bonds is 4. The Bertz CT molecular complexity index is 910. The van der Waals surface area contributed by atoms with E-state index in [1.165, 1.54) is 18.4 Å². The van der Waals surface area contributed by atoms with Crippen molar-refractivity contribution in [1.29, 1.82) is 0 Å². The lowest BCUT2D eigenvalue weighted by Crippen LogP contribution is -2.16. The number of aromatic amines is 1. The minimum Gasteiger partial charge on any atom is -0.465 e. The Balaban J connectivity index is 1.76. The van der Waals surface area contributed by atoms with E-state index in [4.69, 9.17) is 9.15 Å². The molecule has 1 atom stereocenters. The van der Waals surface area contributed by atoms with E-state index in [0.717, 1.165) is 0 Å². The van der Waals surface area contributed by atoms with Crippen molar-refractivity contribution < 1.29 is 13.9 Å². The number of H-pyrrole nitrogens is 1. The summed E-state index contributed by atoms with van der Waals surface area (Å²) in [5, 5.41) is 0.493. The molecule has 2 aromatic heterocycles. The maximum atomic E-state index is 12.0. The van der Waals surface area contributed by atoms with Crippen LogP contribution in [0.5, 0.6) is 0 Å². The van der Waals surface area contributed by atoms with E-state index in [0.29, 0.717) is 22.5 Å². The van der Waals surface area contributed by atoms with Gasteiger partial charge >= 0.3 is 5.97 Å². The van der Waals surface area contributed by atoms with E-state index in [2.05, 4.69) is 9.97 Å². The molecule has 0 spiro atoms. The molecule has 3 aromatic rings. The first-order valence-electron chi connectivity index (χ1n) is 7.04. The van der Waals surface area contributed by atoms with Crippen LogP contribution in [0.1, 0.15) is 24.6 Å². The van der Waals surface area contributed by atoms with E-state index in [-0.39, 0.29) is 5.56 Å². The lowest BCUT2D eigenvalue weighted by molar-refractivity contribution is -0.142. The van der Waals surface area contributed by atoms with Crippen LogP contribution in [0.15, 0.2) is 57.9 Å². The molecular weight excluding hydrogens is 296 g/mol. The molecule has 0 radical (unpaired) electrons. The quantitative estimate of drug-likeness (QED) is 0.591. The van der Waals surface area contributed by atoms with Crippen molar-refractivity contribution in [2.75, 3.05) is 0 Å². The highest BCUT2D eigenvalue weighted by Gasteiger charge is 2.14. The Morgan fingerprint density at radius 1 is 1.30 bits per heavy atom. The number of nitrogens with one attached hydrogen (secondary N) is 1. The second kappa shape index (κ2) is 6.31. The molecule has 6 heteroatoms. The molecule has 116 valence electrons. The fraction of sp³-hybridized carbons (Fsp3) is 0.118. The number of nitrogens with zero attached hydrogens (tertiary/aromatic N) is 1. The van der Waals surface area contributed by atoms with Crippen molar-refractivity contribution in [1.82, 2.24) is 9.97 Å². The molecule has 0 unspecified atom stereocenters. The Morgan fingerprint density at radius 2 is 2.13 bits per heavy atom. The lowest BCUT2D eigenvalue weighted by Gasteiger charge is -2.11. The van der Waals surface area contributed by atoms with Gasteiger partial charge in [0, 0.05) is 6.08 Å². The summed E-state index contributed by atoms with van der Waals surface area (Å²) in [7, 11) is 0. The van der Waals surface area contributed by atoms with Gasteiger partial charge in [-0.15, -0.1) is 0 Å². The molecule has 0 aliphatic rings. The molecule has 0 saturated heterocycles. The number of esters is 1. The third kappa shape index (κ3) is 3.37. The van der Waals surface area contributed by atoms with E-state index in [9.17, 15) is 9.59 Å². The van der Waals surface area contributed by atoms with E-state index in [1.807, 2.05) is 0 Å². The highest BCUT2D eigenvalue weighted by atomic mass is 16.5. The minimum absolute atomic E-state index is 0.264. The van der Waals surface area contributed by atoms with Gasteiger partial charge < -0.3 is 14.1 Å². The van der Waals surface area contributed by atoms with Gasteiger partial charge in [0.1, 0.15) is 5.76 Å². The van der Waals surface area contributed by atoms with Crippen LogP contribution in [-0.2, 0) is 9.53 Å². The van der Waals surface area contributed by atoms with Gasteiger partial charge in [-0.3, -0.25) is 4.79 Å². The fourth-order valence-corrected chi connectivity index (χ4v) is 2.10. The summed E-state index contributed by atoms with van der Waals surface area (Å²) in [6.45, 7) is 1.64. The standard InChI is InChI=1S/C17H14N2O4/c1-11(23-15(20)9-8-12-5-4-10-22-12)16-18-14-7-3-2-6-13(14)17(21)19-16/h2-11H,1H3,(H,18,19,21)/b9-8+/t11-/m0/s1. The van der Waals surface area contributed by atoms with Crippen molar-refractivity contribution in [2.45, 2.75) is 13.0 Å². The van der Waals surface area contributed by atoms with Crippen LogP contribution in [0, 0.1) is 0 Å². The Labute approximate surface area is 131 Å². The van der Waals surface area contributed by atoms with Gasteiger partial charge in [-0.05, 0) is 37.3 Å².